The van der Waals surface area contributed by atoms with Crippen LogP contribution in [0, 0.1) is 0 Å². The first-order valence-corrected chi connectivity index (χ1v) is 15.5. The van der Waals surface area contributed by atoms with E-state index < -0.39 is 0 Å². The van der Waals surface area contributed by atoms with Crippen molar-refractivity contribution in [1.82, 2.24) is 9.80 Å². The summed E-state index contributed by atoms with van der Waals surface area (Å²) in [5.74, 6) is 0. The monoisotopic (exact) mass is 580 g/mol. The van der Waals surface area contributed by atoms with Gasteiger partial charge in [0.05, 0.1) is 0 Å². The summed E-state index contributed by atoms with van der Waals surface area (Å²) in [5, 5.41) is 0. The van der Waals surface area contributed by atoms with E-state index in [4.69, 9.17) is 9.47 Å². The van der Waals surface area contributed by atoms with Crippen molar-refractivity contribution in [2.24, 2.45) is 0 Å². The third-order valence-electron chi connectivity index (χ3n) is 6.95. The summed E-state index contributed by atoms with van der Waals surface area (Å²) >= 11 is 0. The van der Waals surface area contributed by atoms with Crippen LogP contribution in [-0.2, 0) is 40.4 Å². The molecule has 0 aliphatic heterocycles. The summed E-state index contributed by atoms with van der Waals surface area (Å²) in [4.78, 5) is 15.3. The van der Waals surface area contributed by atoms with Crippen molar-refractivity contribution in [1.29, 1.82) is 0 Å². The molecule has 0 radical (unpaired) electrons. The summed E-state index contributed by atoms with van der Waals surface area (Å²) in [5.41, 5.74) is 5.23. The SMILES string of the molecule is CCOC(CCN(Cc1ccccc1)Cc1ccccc1)OCC.O=CCCN(Cc1ccccc1)Cc1ccccc1. The first-order chi connectivity index (χ1) is 21.2. The largest absolute Gasteiger partial charge is 0.353 e. The molecule has 0 aromatic heterocycles. The van der Waals surface area contributed by atoms with Crippen LogP contribution in [-0.4, -0.2) is 48.7 Å². The highest BCUT2D eigenvalue weighted by molar-refractivity contribution is 5.49. The fourth-order valence-electron chi connectivity index (χ4n) is 4.90. The maximum Gasteiger partial charge on any atom is 0.158 e. The highest BCUT2D eigenvalue weighted by atomic mass is 16.7. The first-order valence-electron chi connectivity index (χ1n) is 15.5. The Morgan fingerprint density at radius 2 is 0.860 bits per heavy atom. The quantitative estimate of drug-likeness (QED) is 0.0889. The Labute approximate surface area is 259 Å². The third-order valence-corrected chi connectivity index (χ3v) is 6.95. The Morgan fingerprint density at radius 1 is 0.535 bits per heavy atom. The van der Waals surface area contributed by atoms with Gasteiger partial charge in [-0.3, -0.25) is 9.80 Å². The number of carbonyl (C=O) groups is 1. The van der Waals surface area contributed by atoms with Crippen LogP contribution in [0.3, 0.4) is 0 Å². The molecule has 43 heavy (non-hydrogen) atoms. The zero-order valence-electron chi connectivity index (χ0n) is 25.9. The van der Waals surface area contributed by atoms with Crippen LogP contribution >= 0.6 is 0 Å². The van der Waals surface area contributed by atoms with Gasteiger partial charge in [-0.05, 0) is 36.1 Å². The number of aldehydes is 1. The van der Waals surface area contributed by atoms with E-state index in [-0.39, 0.29) is 6.29 Å². The van der Waals surface area contributed by atoms with Crippen molar-refractivity contribution in [2.45, 2.75) is 59.2 Å². The van der Waals surface area contributed by atoms with Gasteiger partial charge in [-0.15, -0.1) is 0 Å². The van der Waals surface area contributed by atoms with E-state index >= 15 is 0 Å². The molecule has 0 N–H and O–H groups in total. The molecule has 5 heteroatoms. The van der Waals surface area contributed by atoms with Gasteiger partial charge in [0.1, 0.15) is 6.29 Å². The van der Waals surface area contributed by atoms with E-state index in [1.807, 2.05) is 26.0 Å². The third kappa shape index (κ3) is 14.4. The smallest absolute Gasteiger partial charge is 0.158 e. The maximum atomic E-state index is 10.6. The van der Waals surface area contributed by atoms with Crippen molar-refractivity contribution in [3.63, 3.8) is 0 Å². The molecular weight excluding hydrogens is 532 g/mol. The van der Waals surface area contributed by atoms with Gasteiger partial charge < -0.3 is 14.3 Å². The average molecular weight is 581 g/mol. The van der Waals surface area contributed by atoms with E-state index in [0.717, 1.165) is 52.0 Å². The van der Waals surface area contributed by atoms with Crippen molar-refractivity contribution in [2.75, 3.05) is 26.3 Å². The molecule has 0 amide bonds. The topological polar surface area (TPSA) is 42.0 Å². The van der Waals surface area contributed by atoms with Crippen LogP contribution in [0.5, 0.6) is 0 Å². The van der Waals surface area contributed by atoms with Crippen LogP contribution < -0.4 is 0 Å². The summed E-state index contributed by atoms with van der Waals surface area (Å²) in [7, 11) is 0. The lowest BCUT2D eigenvalue weighted by Crippen LogP contribution is -2.29. The molecule has 0 aliphatic rings. The van der Waals surface area contributed by atoms with Crippen LogP contribution in [0.15, 0.2) is 121 Å². The lowest BCUT2D eigenvalue weighted by molar-refractivity contribution is -0.142. The molecule has 0 atom stereocenters. The predicted octanol–water partition coefficient (Wildman–Crippen LogP) is 7.76. The molecule has 0 spiro atoms. The minimum absolute atomic E-state index is 0.117. The molecule has 228 valence electrons. The van der Waals surface area contributed by atoms with Gasteiger partial charge in [-0.25, -0.2) is 0 Å². The molecule has 5 nitrogen and oxygen atoms in total. The average Bonchev–Trinajstić information content (AvgIpc) is 3.05. The van der Waals surface area contributed by atoms with E-state index in [1.165, 1.54) is 22.3 Å². The second kappa shape index (κ2) is 21.1. The minimum atomic E-state index is -0.117. The second-order valence-corrected chi connectivity index (χ2v) is 10.4. The predicted molar refractivity (Wildman–Crippen MR) is 176 cm³/mol. The Kier molecular flexibility index (Phi) is 16.7. The number of hydrogen-bond donors (Lipinski definition) is 0. The Balaban J connectivity index is 0.000000242. The molecule has 0 fully saturated rings. The van der Waals surface area contributed by atoms with E-state index in [9.17, 15) is 4.79 Å². The van der Waals surface area contributed by atoms with E-state index in [1.54, 1.807) is 0 Å². The Bertz CT molecular complexity index is 1130. The van der Waals surface area contributed by atoms with E-state index in [0.29, 0.717) is 19.6 Å². The van der Waals surface area contributed by atoms with Gasteiger partial charge in [-0.2, -0.15) is 0 Å². The number of carbonyl (C=O) groups excluding carboxylic acids is 1. The van der Waals surface area contributed by atoms with Crippen molar-refractivity contribution < 1.29 is 14.3 Å². The molecular formula is C38H48N2O3. The van der Waals surface area contributed by atoms with Crippen LogP contribution in [0.1, 0.15) is 48.9 Å². The van der Waals surface area contributed by atoms with Crippen molar-refractivity contribution in [3.05, 3.63) is 144 Å². The fraction of sp³-hybridized carbons (Fsp3) is 0.342. The Hall–Kier alpha value is -3.61. The second-order valence-electron chi connectivity index (χ2n) is 10.4. The van der Waals surface area contributed by atoms with Crippen LogP contribution in [0.2, 0.25) is 0 Å². The zero-order chi connectivity index (χ0) is 30.4. The zero-order valence-corrected chi connectivity index (χ0v) is 25.9. The van der Waals surface area contributed by atoms with Gasteiger partial charge in [0, 0.05) is 65.3 Å². The number of ether oxygens (including phenoxy) is 2. The van der Waals surface area contributed by atoms with Gasteiger partial charge >= 0.3 is 0 Å². The maximum absolute atomic E-state index is 10.6. The fourth-order valence-corrected chi connectivity index (χ4v) is 4.90. The number of nitrogens with zero attached hydrogens (tertiary/aromatic N) is 2. The molecule has 0 heterocycles. The molecule has 0 saturated heterocycles. The normalized spacial score (nSPS) is 11.0. The molecule has 4 rings (SSSR count). The molecule has 0 saturated carbocycles. The number of rotatable bonds is 18. The minimum Gasteiger partial charge on any atom is -0.353 e. The number of benzene rings is 4. The highest BCUT2D eigenvalue weighted by Gasteiger charge is 2.13. The van der Waals surface area contributed by atoms with Gasteiger partial charge in [-0.1, -0.05) is 121 Å². The summed E-state index contributed by atoms with van der Waals surface area (Å²) in [6, 6.07) is 42.0. The van der Waals surface area contributed by atoms with Gasteiger partial charge in [0.15, 0.2) is 6.29 Å². The first kappa shape index (κ1) is 33.9. The van der Waals surface area contributed by atoms with E-state index in [2.05, 4.69) is 119 Å². The molecule has 0 aliphatic carbocycles. The standard InChI is InChI=1S/C21H29NO2.C17H19NO/c1-3-23-21(24-4-2)15-16-22(17-19-11-7-5-8-12-19)18-20-13-9-6-10-14-20;19-13-7-12-18(14-16-8-3-1-4-9-16)15-17-10-5-2-6-11-17/h5-14,21H,3-4,15-18H2,1-2H3;1-6,8-11,13H,7,12,14-15H2. The van der Waals surface area contributed by atoms with Crippen molar-refractivity contribution >= 4 is 6.29 Å². The molecule has 4 aromatic carbocycles. The molecule has 0 unspecified atom stereocenters. The van der Waals surface area contributed by atoms with Crippen LogP contribution in [0.25, 0.3) is 0 Å². The van der Waals surface area contributed by atoms with Crippen molar-refractivity contribution in [3.8, 4) is 0 Å². The molecule has 4 aromatic rings. The summed E-state index contributed by atoms with van der Waals surface area (Å²) < 4.78 is 11.4. The summed E-state index contributed by atoms with van der Waals surface area (Å²) in [6.45, 7) is 10.7. The van der Waals surface area contributed by atoms with Crippen LogP contribution in [0.4, 0.5) is 0 Å². The lowest BCUT2D eigenvalue weighted by Gasteiger charge is -2.25. The summed E-state index contributed by atoms with van der Waals surface area (Å²) in [6.07, 6.45) is 2.33. The van der Waals surface area contributed by atoms with Gasteiger partial charge in [0.2, 0.25) is 0 Å². The highest BCUT2D eigenvalue weighted by Crippen LogP contribution is 2.13. The lowest BCUT2D eigenvalue weighted by atomic mass is 10.1. The number of hydrogen-bond acceptors (Lipinski definition) is 5. The Morgan fingerprint density at radius 3 is 1.16 bits per heavy atom. The van der Waals surface area contributed by atoms with Gasteiger partial charge in [0.25, 0.3) is 0 Å². The molecule has 0 bridgehead atoms.